The Balaban J connectivity index is 0.00000280. The third kappa shape index (κ3) is 3.70. The number of hydrogen-bond donors (Lipinski definition) is 1. The Morgan fingerprint density at radius 1 is 1.07 bits per heavy atom. The van der Waals surface area contributed by atoms with E-state index >= 15 is 0 Å². The van der Waals surface area contributed by atoms with E-state index in [1.54, 1.807) is 19.2 Å². The molecule has 0 fully saturated rings. The molecule has 0 aromatic heterocycles. The Hall–Kier alpha value is -2.22. The molecule has 2 aromatic rings. The SMILES string of the molecule is CN(CC(C)(C)CN)C(=O)c1ccc2c(c1)S(=O)(=O)c1ccccc1C2=O.Cl. The van der Waals surface area contributed by atoms with Crippen molar-refractivity contribution in [3.05, 3.63) is 59.2 Å². The van der Waals surface area contributed by atoms with Crippen molar-refractivity contribution >= 4 is 33.9 Å². The van der Waals surface area contributed by atoms with E-state index in [2.05, 4.69) is 0 Å². The van der Waals surface area contributed by atoms with E-state index in [1.807, 2.05) is 13.8 Å². The number of carbonyl (C=O) groups excluding carboxylic acids is 2. The second-order valence-electron chi connectivity index (χ2n) is 7.57. The summed E-state index contributed by atoms with van der Waals surface area (Å²) in [6.45, 7) is 4.73. The zero-order valence-corrected chi connectivity index (χ0v) is 17.6. The average molecular weight is 423 g/mol. The van der Waals surface area contributed by atoms with Crippen LogP contribution in [0.1, 0.15) is 40.1 Å². The highest BCUT2D eigenvalue weighted by Crippen LogP contribution is 2.35. The standard InChI is InChI=1S/C20H22N2O4S.ClH/c1-20(2,11-21)12-22(3)19(24)13-8-9-15-17(10-13)27(25,26)16-7-5-4-6-14(16)18(15)23;/h4-10H,11-12,21H2,1-3H3;1H. The van der Waals surface area contributed by atoms with E-state index in [0.717, 1.165) is 0 Å². The van der Waals surface area contributed by atoms with Gasteiger partial charge in [0.2, 0.25) is 9.84 Å². The largest absolute Gasteiger partial charge is 0.341 e. The first-order valence-electron chi connectivity index (χ1n) is 8.57. The Kier molecular flexibility index (Phi) is 6.04. The predicted molar refractivity (Wildman–Crippen MR) is 109 cm³/mol. The molecule has 6 nitrogen and oxygen atoms in total. The van der Waals surface area contributed by atoms with Crippen LogP contribution in [0, 0.1) is 5.41 Å². The number of carbonyl (C=O) groups is 2. The summed E-state index contributed by atoms with van der Waals surface area (Å²) < 4.78 is 25.9. The minimum atomic E-state index is -3.87. The number of fused-ring (bicyclic) bond motifs is 2. The van der Waals surface area contributed by atoms with Crippen molar-refractivity contribution in [2.24, 2.45) is 11.1 Å². The maximum Gasteiger partial charge on any atom is 0.253 e. The molecule has 0 spiro atoms. The van der Waals surface area contributed by atoms with Gasteiger partial charge in [0.1, 0.15) is 0 Å². The molecule has 1 amide bonds. The molecule has 0 radical (unpaired) electrons. The fourth-order valence-electron chi connectivity index (χ4n) is 3.22. The summed E-state index contributed by atoms with van der Waals surface area (Å²) >= 11 is 0. The first kappa shape index (κ1) is 22.1. The van der Waals surface area contributed by atoms with Crippen LogP contribution in [0.3, 0.4) is 0 Å². The van der Waals surface area contributed by atoms with Crippen LogP contribution < -0.4 is 5.73 Å². The Labute approximate surface area is 171 Å². The molecule has 0 saturated carbocycles. The lowest BCUT2D eigenvalue weighted by Gasteiger charge is -2.29. The molecule has 0 aliphatic carbocycles. The molecule has 8 heteroatoms. The number of rotatable bonds is 4. The van der Waals surface area contributed by atoms with Gasteiger partial charge in [-0.3, -0.25) is 9.59 Å². The molecule has 2 aromatic carbocycles. The molecule has 0 bridgehead atoms. The fraction of sp³-hybridized carbons (Fsp3) is 0.300. The van der Waals surface area contributed by atoms with Gasteiger partial charge >= 0.3 is 0 Å². The highest BCUT2D eigenvalue weighted by Gasteiger charge is 2.35. The lowest BCUT2D eigenvalue weighted by Crippen LogP contribution is -2.39. The minimum absolute atomic E-state index is 0. The summed E-state index contributed by atoms with van der Waals surface area (Å²) in [6.07, 6.45) is 0. The van der Waals surface area contributed by atoms with Crippen LogP contribution in [-0.4, -0.2) is 45.1 Å². The maximum absolute atomic E-state index is 13.0. The van der Waals surface area contributed by atoms with Gasteiger partial charge in [-0.25, -0.2) is 8.42 Å². The molecule has 0 atom stereocenters. The molecular formula is C20H23ClN2O4S. The molecule has 0 unspecified atom stereocenters. The molecule has 1 aliphatic heterocycles. The molecule has 3 rings (SSSR count). The summed E-state index contributed by atoms with van der Waals surface area (Å²) in [7, 11) is -2.22. The minimum Gasteiger partial charge on any atom is -0.341 e. The number of benzene rings is 2. The van der Waals surface area contributed by atoms with Crippen LogP contribution in [-0.2, 0) is 9.84 Å². The zero-order chi connectivity index (χ0) is 20.0. The maximum atomic E-state index is 13.0. The van der Waals surface area contributed by atoms with Crippen LogP contribution in [0.2, 0.25) is 0 Å². The van der Waals surface area contributed by atoms with Gasteiger partial charge in [-0.2, -0.15) is 0 Å². The molecule has 1 aliphatic rings. The van der Waals surface area contributed by atoms with Crippen molar-refractivity contribution in [2.45, 2.75) is 23.6 Å². The van der Waals surface area contributed by atoms with Crippen LogP contribution in [0.25, 0.3) is 0 Å². The van der Waals surface area contributed by atoms with Crippen LogP contribution >= 0.6 is 12.4 Å². The van der Waals surface area contributed by atoms with E-state index in [1.165, 1.54) is 35.2 Å². The van der Waals surface area contributed by atoms with Gasteiger partial charge in [0.25, 0.3) is 5.91 Å². The first-order valence-corrected chi connectivity index (χ1v) is 10.1. The topological polar surface area (TPSA) is 97.5 Å². The van der Waals surface area contributed by atoms with E-state index in [-0.39, 0.29) is 56.0 Å². The Morgan fingerprint density at radius 2 is 1.68 bits per heavy atom. The second-order valence-corrected chi connectivity index (χ2v) is 9.46. The summed E-state index contributed by atoms with van der Waals surface area (Å²) in [6, 6.07) is 10.3. The normalized spacial score (nSPS) is 14.5. The van der Waals surface area contributed by atoms with Crippen LogP contribution in [0.5, 0.6) is 0 Å². The molecule has 0 saturated heterocycles. The summed E-state index contributed by atoms with van der Waals surface area (Å²) in [4.78, 5) is 26.8. The predicted octanol–water partition coefficient (Wildman–Crippen LogP) is 2.54. The number of nitrogens with two attached hydrogens (primary N) is 1. The number of halogens is 1. The van der Waals surface area contributed by atoms with Gasteiger partial charge < -0.3 is 10.6 Å². The molecule has 1 heterocycles. The monoisotopic (exact) mass is 422 g/mol. The smallest absolute Gasteiger partial charge is 0.253 e. The van der Waals surface area contributed by atoms with Gasteiger partial charge in [0.05, 0.1) is 9.79 Å². The van der Waals surface area contributed by atoms with Crippen molar-refractivity contribution in [1.82, 2.24) is 4.90 Å². The molecule has 28 heavy (non-hydrogen) atoms. The van der Waals surface area contributed by atoms with E-state index in [4.69, 9.17) is 5.73 Å². The average Bonchev–Trinajstić information content (AvgIpc) is 2.65. The van der Waals surface area contributed by atoms with Crippen molar-refractivity contribution in [2.75, 3.05) is 20.1 Å². The molecular weight excluding hydrogens is 400 g/mol. The summed E-state index contributed by atoms with van der Waals surface area (Å²) in [5.41, 5.74) is 5.93. The van der Waals surface area contributed by atoms with Gasteiger partial charge in [-0.05, 0) is 42.3 Å². The first-order chi connectivity index (χ1) is 12.6. The number of hydrogen-bond acceptors (Lipinski definition) is 5. The molecule has 150 valence electrons. The number of amides is 1. The highest BCUT2D eigenvalue weighted by molar-refractivity contribution is 7.91. The quantitative estimate of drug-likeness (QED) is 0.696. The van der Waals surface area contributed by atoms with Crippen molar-refractivity contribution in [1.29, 1.82) is 0 Å². The van der Waals surface area contributed by atoms with Crippen LogP contribution in [0.15, 0.2) is 52.3 Å². The van der Waals surface area contributed by atoms with Gasteiger partial charge in [0.15, 0.2) is 5.78 Å². The third-order valence-corrected chi connectivity index (χ3v) is 6.60. The van der Waals surface area contributed by atoms with E-state index in [0.29, 0.717) is 13.1 Å². The lowest BCUT2D eigenvalue weighted by atomic mass is 9.93. The van der Waals surface area contributed by atoms with Crippen LogP contribution in [0.4, 0.5) is 0 Å². The fourth-order valence-corrected chi connectivity index (χ4v) is 4.89. The molecule has 2 N–H and O–H groups in total. The highest BCUT2D eigenvalue weighted by atomic mass is 35.5. The third-order valence-electron chi connectivity index (χ3n) is 4.75. The van der Waals surface area contributed by atoms with Crippen molar-refractivity contribution in [3.8, 4) is 0 Å². The lowest BCUT2D eigenvalue weighted by molar-refractivity contribution is 0.0740. The van der Waals surface area contributed by atoms with Gasteiger partial charge in [-0.15, -0.1) is 12.4 Å². The van der Waals surface area contributed by atoms with Gasteiger partial charge in [-0.1, -0.05) is 26.0 Å². The van der Waals surface area contributed by atoms with Gasteiger partial charge in [0, 0.05) is 30.3 Å². The Bertz CT molecular complexity index is 1050. The Morgan fingerprint density at radius 3 is 2.32 bits per heavy atom. The number of sulfone groups is 1. The zero-order valence-electron chi connectivity index (χ0n) is 15.9. The number of nitrogens with zero attached hydrogens (tertiary/aromatic N) is 1. The van der Waals surface area contributed by atoms with Crippen molar-refractivity contribution in [3.63, 3.8) is 0 Å². The number of ketones is 1. The second kappa shape index (κ2) is 7.66. The van der Waals surface area contributed by atoms with E-state index in [9.17, 15) is 18.0 Å². The summed E-state index contributed by atoms with van der Waals surface area (Å²) in [5.74, 6) is -0.673. The summed E-state index contributed by atoms with van der Waals surface area (Å²) in [5, 5.41) is 0. The van der Waals surface area contributed by atoms with Crippen molar-refractivity contribution < 1.29 is 18.0 Å². The van der Waals surface area contributed by atoms with E-state index < -0.39 is 9.84 Å².